The Kier molecular flexibility index (Phi) is 6.69. The highest BCUT2D eigenvalue weighted by molar-refractivity contribution is 6.07. The van der Waals surface area contributed by atoms with E-state index in [1.54, 1.807) is 37.3 Å². The van der Waals surface area contributed by atoms with Crippen molar-refractivity contribution in [3.05, 3.63) is 53.6 Å². The first-order valence-corrected chi connectivity index (χ1v) is 9.97. The molecule has 0 fully saturated rings. The van der Waals surface area contributed by atoms with E-state index in [4.69, 9.17) is 4.74 Å². The summed E-state index contributed by atoms with van der Waals surface area (Å²) in [6, 6.07) is 11.1. The molecule has 2 amide bonds. The summed E-state index contributed by atoms with van der Waals surface area (Å²) in [5.74, 6) is -0.869. The topological polar surface area (TPSA) is 102 Å². The average Bonchev–Trinajstić information content (AvgIpc) is 2.76. The first-order chi connectivity index (χ1) is 14.8. The predicted molar refractivity (Wildman–Crippen MR) is 115 cm³/mol. The van der Waals surface area contributed by atoms with Crippen LogP contribution in [0.3, 0.4) is 0 Å². The fraction of sp³-hybridized carbons (Fsp3) is 0.304. The normalized spacial score (nSPS) is 15.0. The fourth-order valence-electron chi connectivity index (χ4n) is 3.27. The molecule has 1 aliphatic rings. The predicted octanol–water partition coefficient (Wildman–Crippen LogP) is 3.21. The molecule has 0 saturated carbocycles. The number of hydrogen-bond donors (Lipinski definition) is 1. The molecule has 162 valence electrons. The molecule has 0 aliphatic carbocycles. The zero-order valence-corrected chi connectivity index (χ0v) is 17.6. The number of carbonyl (C=O) groups excluding carboxylic acids is 4. The van der Waals surface area contributed by atoms with Gasteiger partial charge in [0.15, 0.2) is 11.9 Å². The molecule has 1 unspecified atom stereocenters. The van der Waals surface area contributed by atoms with Crippen molar-refractivity contribution in [2.75, 3.05) is 23.9 Å². The molecule has 0 bridgehead atoms. The first-order valence-electron chi connectivity index (χ1n) is 9.97. The number of methoxy groups -OCH3 is 1. The van der Waals surface area contributed by atoms with E-state index in [1.165, 1.54) is 24.1 Å². The molecule has 0 radical (unpaired) electrons. The Hall–Kier alpha value is -3.68. The van der Waals surface area contributed by atoms with E-state index in [0.717, 1.165) is 0 Å². The highest BCUT2D eigenvalue weighted by Crippen LogP contribution is 2.35. The number of nitrogens with one attached hydrogen (secondary N) is 1. The third-order valence-electron chi connectivity index (χ3n) is 4.86. The molecular weight excluding hydrogens is 400 g/mol. The number of esters is 1. The van der Waals surface area contributed by atoms with E-state index in [-0.39, 0.29) is 18.2 Å². The van der Waals surface area contributed by atoms with E-state index < -0.39 is 18.0 Å². The zero-order chi connectivity index (χ0) is 22.5. The average molecular weight is 424 g/mol. The molecule has 2 aromatic rings. The summed E-state index contributed by atoms with van der Waals surface area (Å²) in [7, 11) is 1.29. The number of rotatable bonds is 7. The van der Waals surface area contributed by atoms with Crippen LogP contribution >= 0.6 is 0 Å². The van der Waals surface area contributed by atoms with Crippen molar-refractivity contribution in [3.8, 4) is 5.75 Å². The number of ketones is 1. The van der Waals surface area contributed by atoms with Gasteiger partial charge < -0.3 is 14.8 Å². The van der Waals surface area contributed by atoms with Crippen LogP contribution in [0.4, 0.5) is 11.4 Å². The molecule has 31 heavy (non-hydrogen) atoms. The monoisotopic (exact) mass is 424 g/mol. The van der Waals surface area contributed by atoms with Crippen molar-refractivity contribution in [1.82, 2.24) is 0 Å². The number of ether oxygens (including phenoxy) is 2. The van der Waals surface area contributed by atoms with Gasteiger partial charge in [-0.3, -0.25) is 19.3 Å². The number of hydrogen-bond acceptors (Lipinski definition) is 6. The van der Waals surface area contributed by atoms with Crippen LogP contribution in [0, 0.1) is 0 Å². The van der Waals surface area contributed by atoms with Crippen molar-refractivity contribution in [2.24, 2.45) is 0 Å². The van der Waals surface area contributed by atoms with Crippen LogP contribution in [0.5, 0.6) is 5.75 Å². The van der Waals surface area contributed by atoms with E-state index in [1.807, 2.05) is 6.92 Å². The van der Waals surface area contributed by atoms with Crippen LogP contribution in [-0.4, -0.2) is 43.3 Å². The Morgan fingerprint density at radius 1 is 1.10 bits per heavy atom. The van der Waals surface area contributed by atoms with Gasteiger partial charge >= 0.3 is 5.97 Å². The van der Waals surface area contributed by atoms with Crippen LogP contribution in [0.2, 0.25) is 0 Å². The standard InChI is InChI=1S/C23H24N2O6/c1-4-5-19(26)16-8-11-20-18(12-16)25(22(28)14(2)31-20)13-21(27)24-17-9-6-15(7-10-17)23(29)30-3/h6-12,14H,4-5,13H2,1-3H3,(H,24,27). The van der Waals surface area contributed by atoms with Crippen molar-refractivity contribution in [2.45, 2.75) is 32.8 Å². The summed E-state index contributed by atoms with van der Waals surface area (Å²) in [4.78, 5) is 50.5. The minimum atomic E-state index is -0.753. The lowest BCUT2D eigenvalue weighted by Crippen LogP contribution is -2.47. The van der Waals surface area contributed by atoms with Gasteiger partial charge in [0.2, 0.25) is 5.91 Å². The first kappa shape index (κ1) is 22.0. The molecule has 1 N–H and O–H groups in total. The minimum absolute atomic E-state index is 0.0357. The Labute approximate surface area is 180 Å². The van der Waals surface area contributed by atoms with Crippen LogP contribution in [-0.2, 0) is 14.3 Å². The molecule has 2 aromatic carbocycles. The number of anilines is 2. The third kappa shape index (κ3) is 4.91. The van der Waals surface area contributed by atoms with E-state index >= 15 is 0 Å². The Morgan fingerprint density at radius 3 is 2.42 bits per heavy atom. The summed E-state index contributed by atoms with van der Waals surface area (Å²) in [5.41, 5.74) is 1.69. The number of amides is 2. The van der Waals surface area contributed by atoms with Crippen molar-refractivity contribution in [1.29, 1.82) is 0 Å². The lowest BCUT2D eigenvalue weighted by Gasteiger charge is -2.32. The Balaban J connectivity index is 1.79. The fourth-order valence-corrected chi connectivity index (χ4v) is 3.27. The zero-order valence-electron chi connectivity index (χ0n) is 17.6. The number of benzene rings is 2. The van der Waals surface area contributed by atoms with Gasteiger partial charge in [0.25, 0.3) is 5.91 Å². The van der Waals surface area contributed by atoms with Crippen LogP contribution in [0.25, 0.3) is 0 Å². The van der Waals surface area contributed by atoms with Gasteiger partial charge in [-0.25, -0.2) is 4.79 Å². The molecule has 1 atom stereocenters. The van der Waals surface area contributed by atoms with Crippen LogP contribution in [0.15, 0.2) is 42.5 Å². The summed E-state index contributed by atoms with van der Waals surface area (Å²) in [6.07, 6.45) is 0.354. The summed E-state index contributed by atoms with van der Waals surface area (Å²) < 4.78 is 10.3. The molecule has 8 heteroatoms. The van der Waals surface area contributed by atoms with Crippen LogP contribution < -0.4 is 15.0 Å². The second-order valence-electron chi connectivity index (χ2n) is 7.16. The molecule has 0 saturated heterocycles. The second kappa shape index (κ2) is 9.42. The van der Waals surface area contributed by atoms with Crippen molar-refractivity contribution < 1.29 is 28.7 Å². The molecule has 0 spiro atoms. The van der Waals surface area contributed by atoms with Gasteiger partial charge in [-0.15, -0.1) is 0 Å². The SMILES string of the molecule is CCCC(=O)c1ccc2c(c1)N(CC(=O)Nc1ccc(C(=O)OC)cc1)C(=O)C(C)O2. The Morgan fingerprint density at radius 2 is 1.77 bits per heavy atom. The van der Waals surface area contributed by atoms with Gasteiger partial charge in [0.05, 0.1) is 18.4 Å². The molecule has 3 rings (SSSR count). The number of fused-ring (bicyclic) bond motifs is 1. The maximum atomic E-state index is 12.7. The molecule has 8 nitrogen and oxygen atoms in total. The number of Topliss-reactive ketones (excluding diaryl/α,β-unsaturated/α-hetero) is 1. The van der Waals surface area contributed by atoms with E-state index in [0.29, 0.717) is 41.1 Å². The van der Waals surface area contributed by atoms with Crippen molar-refractivity contribution in [3.63, 3.8) is 0 Å². The number of nitrogens with zero attached hydrogens (tertiary/aromatic N) is 1. The summed E-state index contributed by atoms with van der Waals surface area (Å²) >= 11 is 0. The lowest BCUT2D eigenvalue weighted by atomic mass is 10.0. The van der Waals surface area contributed by atoms with Gasteiger partial charge in [-0.05, 0) is 55.8 Å². The third-order valence-corrected chi connectivity index (χ3v) is 4.86. The van der Waals surface area contributed by atoms with Gasteiger partial charge in [-0.1, -0.05) is 6.92 Å². The molecule has 0 aromatic heterocycles. The maximum Gasteiger partial charge on any atom is 0.337 e. The van der Waals surface area contributed by atoms with E-state index in [2.05, 4.69) is 10.1 Å². The van der Waals surface area contributed by atoms with Gasteiger partial charge in [0, 0.05) is 17.7 Å². The second-order valence-corrected chi connectivity index (χ2v) is 7.16. The summed E-state index contributed by atoms with van der Waals surface area (Å²) in [6.45, 7) is 3.28. The van der Waals surface area contributed by atoms with Crippen LogP contribution in [0.1, 0.15) is 47.4 Å². The van der Waals surface area contributed by atoms with Crippen molar-refractivity contribution >= 4 is 34.9 Å². The highest BCUT2D eigenvalue weighted by Gasteiger charge is 2.33. The lowest BCUT2D eigenvalue weighted by molar-refractivity contribution is -0.127. The molecular formula is C23H24N2O6. The van der Waals surface area contributed by atoms with E-state index in [9.17, 15) is 19.2 Å². The highest BCUT2D eigenvalue weighted by atomic mass is 16.5. The molecule has 1 aliphatic heterocycles. The van der Waals surface area contributed by atoms with Gasteiger partial charge in [-0.2, -0.15) is 0 Å². The minimum Gasteiger partial charge on any atom is -0.479 e. The number of carbonyl (C=O) groups is 4. The van der Waals surface area contributed by atoms with Gasteiger partial charge in [0.1, 0.15) is 12.3 Å². The Bertz CT molecular complexity index is 1020. The maximum absolute atomic E-state index is 12.7. The smallest absolute Gasteiger partial charge is 0.337 e. The summed E-state index contributed by atoms with van der Waals surface area (Å²) in [5, 5.41) is 2.70. The molecule has 1 heterocycles. The largest absolute Gasteiger partial charge is 0.479 e. The quantitative estimate of drug-likeness (QED) is 0.541.